The van der Waals surface area contributed by atoms with Crippen molar-refractivity contribution in [3.05, 3.63) is 0 Å². The summed E-state index contributed by atoms with van der Waals surface area (Å²) in [6, 6.07) is -0.279. The van der Waals surface area contributed by atoms with E-state index in [1.165, 1.54) is 0 Å². The monoisotopic (exact) mass is 230 g/mol. The van der Waals surface area contributed by atoms with E-state index in [0.29, 0.717) is 12.3 Å². The third kappa shape index (κ3) is 6.67. The zero-order chi connectivity index (χ0) is 12.1. The van der Waals surface area contributed by atoms with Crippen LogP contribution < -0.4 is 11.1 Å². The van der Waals surface area contributed by atoms with Gasteiger partial charge in [-0.1, -0.05) is 13.8 Å². The third-order valence-electron chi connectivity index (χ3n) is 1.86. The molecule has 0 heterocycles. The zero-order valence-electron chi connectivity index (χ0n) is 8.94. The fraction of sp³-hybridized carbons (Fsp3) is 1.00. The summed E-state index contributed by atoms with van der Waals surface area (Å²) in [5.41, 5.74) is 5.59. The molecule has 6 heteroatoms. The van der Waals surface area contributed by atoms with Crippen LogP contribution in [-0.2, 0) is 0 Å². The fourth-order valence-corrected chi connectivity index (χ4v) is 1.19. The fourth-order valence-electron chi connectivity index (χ4n) is 1.19. The van der Waals surface area contributed by atoms with Gasteiger partial charge in [-0.05, 0) is 12.3 Å². The molecule has 3 N–H and O–H groups in total. The Bertz CT molecular complexity index is 173. The summed E-state index contributed by atoms with van der Waals surface area (Å²) in [6.07, 6.45) is -2.96. The summed E-state index contributed by atoms with van der Waals surface area (Å²) in [6.45, 7) is 3.00. The van der Waals surface area contributed by atoms with Gasteiger partial charge in [-0.15, -0.1) is 0 Å². The minimum atomic E-state index is -3.97. The highest BCUT2D eigenvalue weighted by Crippen LogP contribution is 2.21. The van der Waals surface area contributed by atoms with Crippen molar-refractivity contribution in [3.8, 4) is 0 Å². The highest BCUT2D eigenvalue weighted by molar-refractivity contribution is 4.74. The van der Waals surface area contributed by atoms with E-state index >= 15 is 0 Å². The first kappa shape index (κ1) is 14.6. The van der Waals surface area contributed by atoms with Crippen LogP contribution in [0.2, 0.25) is 0 Å². The molecule has 0 spiro atoms. The van der Waals surface area contributed by atoms with Crippen molar-refractivity contribution in [2.45, 2.75) is 38.7 Å². The highest BCUT2D eigenvalue weighted by atomic mass is 19.3. The number of halogens is 4. The molecule has 15 heavy (non-hydrogen) atoms. The molecule has 1 atom stereocenters. The Balaban J connectivity index is 3.70. The number of hydrogen-bond donors (Lipinski definition) is 2. The second kappa shape index (κ2) is 6.27. The highest BCUT2D eigenvalue weighted by Gasteiger charge is 2.40. The smallest absolute Gasteiger partial charge is 0.319 e. The van der Waals surface area contributed by atoms with Gasteiger partial charge in [0.1, 0.15) is 0 Å². The Morgan fingerprint density at radius 1 is 1.27 bits per heavy atom. The minimum absolute atomic E-state index is 0.125. The molecule has 0 bridgehead atoms. The standard InChI is InChI=1S/C9H18F4N2/c1-6(2)3-7(14)4-15-5-9(12,13)8(10)11/h6-8,15H,3-5,14H2,1-2H3. The van der Waals surface area contributed by atoms with Crippen molar-refractivity contribution in [2.24, 2.45) is 11.7 Å². The first-order valence-corrected chi connectivity index (χ1v) is 4.88. The molecule has 0 aromatic carbocycles. The van der Waals surface area contributed by atoms with Crippen LogP contribution in [0.25, 0.3) is 0 Å². The number of nitrogens with one attached hydrogen (secondary N) is 1. The van der Waals surface area contributed by atoms with E-state index in [4.69, 9.17) is 5.73 Å². The predicted octanol–water partition coefficient (Wildman–Crippen LogP) is 1.85. The van der Waals surface area contributed by atoms with Crippen LogP contribution in [0, 0.1) is 5.92 Å². The predicted molar refractivity (Wildman–Crippen MR) is 51.3 cm³/mol. The Morgan fingerprint density at radius 3 is 2.20 bits per heavy atom. The van der Waals surface area contributed by atoms with Crippen LogP contribution in [0.1, 0.15) is 20.3 Å². The molecule has 0 aliphatic carbocycles. The van der Waals surface area contributed by atoms with Gasteiger partial charge in [0.05, 0.1) is 6.54 Å². The summed E-state index contributed by atoms with van der Waals surface area (Å²) < 4.78 is 48.3. The molecule has 2 nitrogen and oxygen atoms in total. The van der Waals surface area contributed by atoms with E-state index in [2.05, 4.69) is 5.32 Å². The number of alkyl halides is 4. The Hall–Kier alpha value is -0.360. The van der Waals surface area contributed by atoms with E-state index in [0.717, 1.165) is 0 Å². The number of nitrogens with two attached hydrogens (primary N) is 1. The van der Waals surface area contributed by atoms with E-state index < -0.39 is 18.9 Å². The molecule has 0 aromatic heterocycles. The minimum Gasteiger partial charge on any atom is -0.327 e. The molecular formula is C9H18F4N2. The second-order valence-corrected chi connectivity index (χ2v) is 4.08. The zero-order valence-corrected chi connectivity index (χ0v) is 8.94. The van der Waals surface area contributed by atoms with E-state index in [-0.39, 0.29) is 12.6 Å². The Labute approximate surface area is 87.2 Å². The number of hydrogen-bond acceptors (Lipinski definition) is 2. The topological polar surface area (TPSA) is 38.0 Å². The van der Waals surface area contributed by atoms with Gasteiger partial charge in [0.2, 0.25) is 0 Å². The maximum atomic E-state index is 12.4. The molecular weight excluding hydrogens is 212 g/mol. The molecule has 0 rings (SSSR count). The van der Waals surface area contributed by atoms with Crippen molar-refractivity contribution in [3.63, 3.8) is 0 Å². The molecule has 0 aliphatic heterocycles. The van der Waals surface area contributed by atoms with Crippen LogP contribution in [0.15, 0.2) is 0 Å². The lowest BCUT2D eigenvalue weighted by Gasteiger charge is -2.19. The van der Waals surface area contributed by atoms with Gasteiger partial charge in [0, 0.05) is 12.6 Å². The average Bonchev–Trinajstić information content (AvgIpc) is 2.01. The summed E-state index contributed by atoms with van der Waals surface area (Å²) in [7, 11) is 0. The Kier molecular flexibility index (Phi) is 6.12. The van der Waals surface area contributed by atoms with Gasteiger partial charge in [-0.2, -0.15) is 8.78 Å². The summed E-state index contributed by atoms with van der Waals surface area (Å²) in [5.74, 6) is -3.62. The maximum Gasteiger partial charge on any atom is 0.319 e. The van der Waals surface area contributed by atoms with Gasteiger partial charge in [0.25, 0.3) is 0 Å². The van der Waals surface area contributed by atoms with Crippen LogP contribution in [0.4, 0.5) is 17.6 Å². The first-order chi connectivity index (χ1) is 6.75. The van der Waals surface area contributed by atoms with Gasteiger partial charge < -0.3 is 11.1 Å². The maximum absolute atomic E-state index is 12.4. The lowest BCUT2D eigenvalue weighted by atomic mass is 10.0. The van der Waals surface area contributed by atoms with Gasteiger partial charge in [-0.25, -0.2) is 8.78 Å². The van der Waals surface area contributed by atoms with E-state index in [1.807, 2.05) is 13.8 Å². The molecule has 1 unspecified atom stereocenters. The van der Waals surface area contributed by atoms with Crippen molar-refractivity contribution < 1.29 is 17.6 Å². The van der Waals surface area contributed by atoms with Gasteiger partial charge >= 0.3 is 12.3 Å². The molecule has 0 radical (unpaired) electrons. The quantitative estimate of drug-likeness (QED) is 0.655. The molecule has 92 valence electrons. The van der Waals surface area contributed by atoms with Crippen LogP contribution >= 0.6 is 0 Å². The molecule has 0 amide bonds. The molecule has 0 fully saturated rings. The van der Waals surface area contributed by atoms with Crippen molar-refractivity contribution in [1.29, 1.82) is 0 Å². The van der Waals surface area contributed by atoms with E-state index in [9.17, 15) is 17.6 Å². The molecule has 0 saturated carbocycles. The largest absolute Gasteiger partial charge is 0.327 e. The van der Waals surface area contributed by atoms with Crippen LogP contribution in [-0.4, -0.2) is 31.5 Å². The number of rotatable bonds is 7. The first-order valence-electron chi connectivity index (χ1n) is 4.88. The Morgan fingerprint density at radius 2 is 1.80 bits per heavy atom. The van der Waals surface area contributed by atoms with Crippen molar-refractivity contribution in [2.75, 3.05) is 13.1 Å². The third-order valence-corrected chi connectivity index (χ3v) is 1.86. The second-order valence-electron chi connectivity index (χ2n) is 4.08. The summed E-state index contributed by atoms with van der Waals surface area (Å²) in [5, 5.41) is 2.26. The average molecular weight is 230 g/mol. The van der Waals surface area contributed by atoms with Gasteiger partial charge in [0.15, 0.2) is 0 Å². The van der Waals surface area contributed by atoms with Crippen molar-refractivity contribution >= 4 is 0 Å². The van der Waals surface area contributed by atoms with Crippen LogP contribution in [0.5, 0.6) is 0 Å². The van der Waals surface area contributed by atoms with Crippen LogP contribution in [0.3, 0.4) is 0 Å². The van der Waals surface area contributed by atoms with E-state index in [1.54, 1.807) is 0 Å². The van der Waals surface area contributed by atoms with Crippen molar-refractivity contribution in [1.82, 2.24) is 5.32 Å². The molecule has 0 saturated heterocycles. The SMILES string of the molecule is CC(C)CC(N)CNCC(F)(F)C(F)F. The normalized spacial score (nSPS) is 15.0. The van der Waals surface area contributed by atoms with Gasteiger partial charge in [-0.3, -0.25) is 0 Å². The molecule has 0 aromatic rings. The lowest BCUT2D eigenvalue weighted by Crippen LogP contribution is -2.43. The summed E-state index contributed by atoms with van der Waals surface area (Å²) >= 11 is 0. The molecule has 0 aliphatic rings. The summed E-state index contributed by atoms with van der Waals surface area (Å²) in [4.78, 5) is 0. The lowest BCUT2D eigenvalue weighted by molar-refractivity contribution is -0.125.